The Morgan fingerprint density at radius 3 is 2.82 bits per heavy atom. The summed E-state index contributed by atoms with van der Waals surface area (Å²) >= 11 is 1.84. The highest BCUT2D eigenvalue weighted by molar-refractivity contribution is 7.99. The van der Waals surface area contributed by atoms with E-state index in [2.05, 4.69) is 36.5 Å². The number of benzene rings is 1. The third-order valence-electron chi connectivity index (χ3n) is 2.64. The van der Waals surface area contributed by atoms with Gasteiger partial charge in [-0.25, -0.2) is 0 Å². The minimum atomic E-state index is 0.260. The Balaban J connectivity index is 1.97. The van der Waals surface area contributed by atoms with Crippen LogP contribution in [-0.4, -0.2) is 12.8 Å². The number of nitrogens with one attached hydrogen (secondary N) is 1. The molecule has 1 atom stereocenters. The summed E-state index contributed by atoms with van der Waals surface area (Å²) in [5.74, 6) is 1.96. The maximum atomic E-state index is 5.42. The summed E-state index contributed by atoms with van der Waals surface area (Å²) in [5.41, 5.74) is 1.30. The fourth-order valence-corrected chi connectivity index (χ4v) is 2.82. The zero-order valence-corrected chi connectivity index (χ0v) is 11.0. The normalized spacial score (nSPS) is 12.6. The van der Waals surface area contributed by atoms with Crippen molar-refractivity contribution in [2.24, 2.45) is 0 Å². The first kappa shape index (κ1) is 12.3. The van der Waals surface area contributed by atoms with E-state index in [1.165, 1.54) is 10.5 Å². The molecule has 90 valence electrons. The van der Waals surface area contributed by atoms with Crippen molar-refractivity contribution >= 4 is 11.8 Å². The molecule has 2 nitrogen and oxygen atoms in total. The molecule has 0 amide bonds. The van der Waals surface area contributed by atoms with E-state index in [-0.39, 0.29) is 6.04 Å². The van der Waals surface area contributed by atoms with Gasteiger partial charge in [0.15, 0.2) is 0 Å². The van der Waals surface area contributed by atoms with Gasteiger partial charge in [-0.15, -0.1) is 11.8 Å². The van der Waals surface area contributed by atoms with Gasteiger partial charge >= 0.3 is 0 Å². The molecule has 0 spiro atoms. The molecule has 0 aliphatic carbocycles. The summed E-state index contributed by atoms with van der Waals surface area (Å²) in [6, 6.07) is 12.8. The predicted molar refractivity (Wildman–Crippen MR) is 72.4 cm³/mol. The lowest BCUT2D eigenvalue weighted by Crippen LogP contribution is -2.17. The molecule has 1 N–H and O–H groups in total. The summed E-state index contributed by atoms with van der Waals surface area (Å²) in [6.45, 7) is 2.12. The Hall–Kier alpha value is -1.19. The molecule has 3 heteroatoms. The summed E-state index contributed by atoms with van der Waals surface area (Å²) in [4.78, 5) is 1.30. The average molecular weight is 247 g/mol. The lowest BCUT2D eigenvalue weighted by molar-refractivity contribution is 0.453. The average Bonchev–Trinajstić information content (AvgIpc) is 2.84. The second-order valence-electron chi connectivity index (χ2n) is 3.98. The second kappa shape index (κ2) is 5.94. The lowest BCUT2D eigenvalue weighted by Gasteiger charge is -2.13. The van der Waals surface area contributed by atoms with Gasteiger partial charge in [-0.1, -0.05) is 17.7 Å². The fraction of sp³-hybridized carbons (Fsp3) is 0.286. The van der Waals surface area contributed by atoms with Crippen LogP contribution in [0.25, 0.3) is 0 Å². The third kappa shape index (κ3) is 3.38. The van der Waals surface area contributed by atoms with Crippen molar-refractivity contribution in [1.82, 2.24) is 5.32 Å². The topological polar surface area (TPSA) is 25.2 Å². The molecule has 1 unspecified atom stereocenters. The molecular formula is C14H17NOS. The standard InChI is InChI=1S/C14H17NOS/c1-11-5-3-6-12(9-11)17-10-13(15-2)14-7-4-8-16-14/h3-9,13,15H,10H2,1-2H3. The Labute approximate surface area is 106 Å². The van der Waals surface area contributed by atoms with E-state index in [4.69, 9.17) is 4.42 Å². The van der Waals surface area contributed by atoms with Gasteiger partial charge in [0.05, 0.1) is 12.3 Å². The maximum Gasteiger partial charge on any atom is 0.121 e. The highest BCUT2D eigenvalue weighted by Crippen LogP contribution is 2.25. The number of rotatable bonds is 5. The van der Waals surface area contributed by atoms with E-state index >= 15 is 0 Å². The van der Waals surface area contributed by atoms with Crippen LogP contribution in [0.5, 0.6) is 0 Å². The smallest absolute Gasteiger partial charge is 0.121 e. The molecule has 2 rings (SSSR count). The van der Waals surface area contributed by atoms with Crippen molar-refractivity contribution in [3.05, 3.63) is 54.0 Å². The third-order valence-corrected chi connectivity index (χ3v) is 3.73. The Morgan fingerprint density at radius 1 is 1.29 bits per heavy atom. The first-order valence-electron chi connectivity index (χ1n) is 5.69. The van der Waals surface area contributed by atoms with Crippen LogP contribution in [0.3, 0.4) is 0 Å². The van der Waals surface area contributed by atoms with Crippen molar-refractivity contribution in [3.63, 3.8) is 0 Å². The van der Waals surface area contributed by atoms with Crippen LogP contribution in [0, 0.1) is 6.92 Å². The maximum absolute atomic E-state index is 5.42. The van der Waals surface area contributed by atoms with Crippen LogP contribution in [-0.2, 0) is 0 Å². The van der Waals surface area contributed by atoms with Crippen LogP contribution in [0.2, 0.25) is 0 Å². The Morgan fingerprint density at radius 2 is 2.18 bits per heavy atom. The number of furan rings is 1. The quantitative estimate of drug-likeness (QED) is 0.817. The van der Waals surface area contributed by atoms with Crippen molar-refractivity contribution in [1.29, 1.82) is 0 Å². The molecule has 0 radical (unpaired) electrons. The summed E-state index contributed by atoms with van der Waals surface area (Å²) in [7, 11) is 1.96. The number of hydrogen-bond acceptors (Lipinski definition) is 3. The van der Waals surface area contributed by atoms with E-state index in [0.29, 0.717) is 0 Å². The summed E-state index contributed by atoms with van der Waals surface area (Å²) < 4.78 is 5.42. The molecule has 17 heavy (non-hydrogen) atoms. The summed E-state index contributed by atoms with van der Waals surface area (Å²) in [6.07, 6.45) is 1.72. The molecule has 2 aromatic rings. The van der Waals surface area contributed by atoms with E-state index in [9.17, 15) is 0 Å². The van der Waals surface area contributed by atoms with Crippen LogP contribution >= 0.6 is 11.8 Å². The van der Waals surface area contributed by atoms with E-state index in [0.717, 1.165) is 11.5 Å². The molecule has 1 heterocycles. The zero-order valence-electron chi connectivity index (χ0n) is 10.1. The Kier molecular flexibility index (Phi) is 4.29. The number of aryl methyl sites for hydroxylation is 1. The SMILES string of the molecule is CNC(CSc1cccc(C)c1)c1ccco1. The Bertz CT molecular complexity index is 453. The van der Waals surface area contributed by atoms with Crippen LogP contribution < -0.4 is 5.32 Å². The molecule has 1 aromatic carbocycles. The highest BCUT2D eigenvalue weighted by atomic mass is 32.2. The van der Waals surface area contributed by atoms with E-state index in [1.807, 2.05) is 30.9 Å². The minimum absolute atomic E-state index is 0.260. The van der Waals surface area contributed by atoms with Gasteiger partial charge in [0.1, 0.15) is 5.76 Å². The van der Waals surface area contributed by atoms with Crippen molar-refractivity contribution in [3.8, 4) is 0 Å². The molecular weight excluding hydrogens is 230 g/mol. The van der Waals surface area contributed by atoms with Gasteiger partial charge in [-0.2, -0.15) is 0 Å². The zero-order chi connectivity index (χ0) is 12.1. The highest BCUT2D eigenvalue weighted by Gasteiger charge is 2.12. The first-order chi connectivity index (χ1) is 8.29. The molecule has 0 aliphatic heterocycles. The minimum Gasteiger partial charge on any atom is -0.468 e. The van der Waals surface area contributed by atoms with Gasteiger partial charge in [0.2, 0.25) is 0 Å². The monoisotopic (exact) mass is 247 g/mol. The van der Waals surface area contributed by atoms with E-state index in [1.54, 1.807) is 6.26 Å². The predicted octanol–water partition coefficient (Wildman–Crippen LogP) is 3.64. The van der Waals surface area contributed by atoms with Crippen LogP contribution in [0.4, 0.5) is 0 Å². The molecule has 0 bridgehead atoms. The molecule has 0 saturated heterocycles. The molecule has 1 aromatic heterocycles. The fourth-order valence-electron chi connectivity index (χ4n) is 1.68. The van der Waals surface area contributed by atoms with Crippen molar-refractivity contribution < 1.29 is 4.42 Å². The van der Waals surface area contributed by atoms with Gasteiger partial charge in [0.25, 0.3) is 0 Å². The van der Waals surface area contributed by atoms with Crippen LogP contribution in [0.15, 0.2) is 52.0 Å². The number of hydrogen-bond donors (Lipinski definition) is 1. The van der Waals surface area contributed by atoms with Crippen LogP contribution in [0.1, 0.15) is 17.4 Å². The van der Waals surface area contributed by atoms with Gasteiger partial charge in [-0.3, -0.25) is 0 Å². The lowest BCUT2D eigenvalue weighted by atomic mass is 10.2. The van der Waals surface area contributed by atoms with E-state index < -0.39 is 0 Å². The van der Waals surface area contributed by atoms with Crippen molar-refractivity contribution in [2.75, 3.05) is 12.8 Å². The van der Waals surface area contributed by atoms with Gasteiger partial charge < -0.3 is 9.73 Å². The molecule has 0 aliphatic rings. The summed E-state index contributed by atoms with van der Waals surface area (Å²) in [5, 5.41) is 3.27. The molecule has 0 saturated carbocycles. The largest absolute Gasteiger partial charge is 0.468 e. The second-order valence-corrected chi connectivity index (χ2v) is 5.08. The van der Waals surface area contributed by atoms with Crippen molar-refractivity contribution in [2.45, 2.75) is 17.9 Å². The number of thioether (sulfide) groups is 1. The first-order valence-corrected chi connectivity index (χ1v) is 6.68. The van der Waals surface area contributed by atoms with Gasteiger partial charge in [0, 0.05) is 10.6 Å². The van der Waals surface area contributed by atoms with Gasteiger partial charge in [-0.05, 0) is 38.2 Å². The molecule has 0 fully saturated rings.